The molecule has 7 heteroatoms. The van der Waals surface area contributed by atoms with Crippen LogP contribution in [0.4, 0.5) is 0 Å². The largest absolute Gasteiger partial charge is 0.494 e. The molecular weight excluding hydrogens is 382 g/mol. The number of thiazole rings is 1. The molecule has 4 aromatic rings. The lowest BCUT2D eigenvalue weighted by Crippen LogP contribution is -2.23. The maximum atomic E-state index is 12.6. The van der Waals surface area contributed by atoms with Crippen molar-refractivity contribution in [3.63, 3.8) is 0 Å². The van der Waals surface area contributed by atoms with E-state index in [1.807, 2.05) is 42.5 Å². The van der Waals surface area contributed by atoms with Crippen molar-refractivity contribution in [3.05, 3.63) is 74.0 Å². The summed E-state index contributed by atoms with van der Waals surface area (Å²) < 4.78 is 7.52. The minimum Gasteiger partial charge on any atom is -0.494 e. The van der Waals surface area contributed by atoms with Crippen LogP contribution in [-0.4, -0.2) is 21.2 Å². The maximum absolute atomic E-state index is 12.6. The maximum Gasteiger partial charge on any atom is 0.291 e. The van der Waals surface area contributed by atoms with E-state index >= 15 is 0 Å². The molecule has 0 aliphatic heterocycles. The Hall–Kier alpha value is -2.70. The van der Waals surface area contributed by atoms with Crippen LogP contribution in [-0.2, 0) is 0 Å². The molecule has 0 saturated heterocycles. The Balaban J connectivity index is 1.66. The normalized spacial score (nSPS) is 12.0. The minimum atomic E-state index is -0.172. The van der Waals surface area contributed by atoms with Gasteiger partial charge in [0.05, 0.1) is 11.1 Å². The van der Waals surface area contributed by atoms with Gasteiger partial charge in [-0.3, -0.25) is 4.79 Å². The lowest BCUT2D eigenvalue weighted by molar-refractivity contribution is 0.317. The van der Waals surface area contributed by atoms with E-state index in [4.69, 9.17) is 16.3 Å². The minimum absolute atomic E-state index is 0.172. The molecule has 136 valence electrons. The molecule has 0 aliphatic rings. The lowest BCUT2D eigenvalue weighted by atomic mass is 10.2. The summed E-state index contributed by atoms with van der Waals surface area (Å²) in [5, 5.41) is 4.99. The van der Waals surface area contributed by atoms with Crippen molar-refractivity contribution < 1.29 is 4.74 Å². The Morgan fingerprint density at radius 2 is 1.89 bits per heavy atom. The van der Waals surface area contributed by atoms with E-state index in [0.29, 0.717) is 26.9 Å². The van der Waals surface area contributed by atoms with Gasteiger partial charge in [0.25, 0.3) is 5.56 Å². The molecule has 2 aromatic carbocycles. The smallest absolute Gasteiger partial charge is 0.291 e. The molecule has 0 aliphatic carbocycles. The van der Waals surface area contributed by atoms with E-state index in [-0.39, 0.29) is 5.56 Å². The zero-order valence-electron chi connectivity index (χ0n) is 14.6. The molecule has 0 atom stereocenters. The van der Waals surface area contributed by atoms with Gasteiger partial charge >= 0.3 is 0 Å². The van der Waals surface area contributed by atoms with Gasteiger partial charge in [-0.2, -0.15) is 9.50 Å². The van der Waals surface area contributed by atoms with E-state index in [1.54, 1.807) is 12.1 Å². The van der Waals surface area contributed by atoms with Crippen molar-refractivity contribution in [3.8, 4) is 17.1 Å². The molecule has 0 unspecified atom stereocenters. The second kappa shape index (κ2) is 7.50. The monoisotopic (exact) mass is 397 g/mol. The molecule has 5 nitrogen and oxygen atoms in total. The summed E-state index contributed by atoms with van der Waals surface area (Å²) in [6.45, 7) is 2.76. The van der Waals surface area contributed by atoms with Crippen LogP contribution in [0, 0.1) is 0 Å². The van der Waals surface area contributed by atoms with Crippen LogP contribution < -0.4 is 14.8 Å². The van der Waals surface area contributed by atoms with Crippen molar-refractivity contribution in [2.45, 2.75) is 13.3 Å². The van der Waals surface area contributed by atoms with Crippen LogP contribution in [0.5, 0.6) is 5.75 Å². The summed E-state index contributed by atoms with van der Waals surface area (Å²) in [4.78, 5) is 17.7. The number of aromatic nitrogens is 3. The van der Waals surface area contributed by atoms with Crippen LogP contribution >= 0.6 is 22.9 Å². The third-order valence-electron chi connectivity index (χ3n) is 3.93. The van der Waals surface area contributed by atoms with Gasteiger partial charge in [0.15, 0.2) is 5.82 Å². The van der Waals surface area contributed by atoms with Gasteiger partial charge in [0.1, 0.15) is 5.75 Å². The topological polar surface area (TPSA) is 56.5 Å². The van der Waals surface area contributed by atoms with Crippen molar-refractivity contribution in [2.75, 3.05) is 6.61 Å². The summed E-state index contributed by atoms with van der Waals surface area (Å²) in [7, 11) is 0. The van der Waals surface area contributed by atoms with Gasteiger partial charge in [-0.1, -0.05) is 42.0 Å². The Bertz CT molecular complexity index is 1180. The van der Waals surface area contributed by atoms with E-state index in [0.717, 1.165) is 23.3 Å². The molecule has 0 fully saturated rings. The highest BCUT2D eigenvalue weighted by atomic mass is 35.5. The van der Waals surface area contributed by atoms with Crippen LogP contribution in [0.3, 0.4) is 0 Å². The van der Waals surface area contributed by atoms with Crippen molar-refractivity contribution in [2.24, 2.45) is 0 Å². The quantitative estimate of drug-likeness (QED) is 0.514. The van der Waals surface area contributed by atoms with Gasteiger partial charge in [-0.15, -0.1) is 5.10 Å². The molecule has 2 heterocycles. The molecule has 4 rings (SSSR count). The van der Waals surface area contributed by atoms with Gasteiger partial charge in [0, 0.05) is 10.6 Å². The second-order valence-electron chi connectivity index (χ2n) is 5.97. The third kappa shape index (κ3) is 3.72. The van der Waals surface area contributed by atoms with Crippen LogP contribution in [0.1, 0.15) is 18.9 Å². The molecule has 0 amide bonds. The number of fused-ring (bicyclic) bond motifs is 1. The fraction of sp³-hybridized carbons (Fsp3) is 0.150. The Labute approximate surface area is 164 Å². The van der Waals surface area contributed by atoms with Crippen LogP contribution in [0.25, 0.3) is 22.4 Å². The second-order valence-corrected chi connectivity index (χ2v) is 7.42. The van der Waals surface area contributed by atoms with Gasteiger partial charge < -0.3 is 4.74 Å². The van der Waals surface area contributed by atoms with Crippen LogP contribution in [0.15, 0.2) is 53.3 Å². The fourth-order valence-electron chi connectivity index (χ4n) is 2.59. The first-order valence-corrected chi connectivity index (χ1v) is 9.73. The lowest BCUT2D eigenvalue weighted by Gasteiger charge is -2.03. The summed E-state index contributed by atoms with van der Waals surface area (Å²) in [5.74, 6) is 1.34. The zero-order chi connectivity index (χ0) is 18.8. The van der Waals surface area contributed by atoms with E-state index in [1.165, 1.54) is 15.9 Å². The van der Waals surface area contributed by atoms with Gasteiger partial charge in [0.2, 0.25) is 4.96 Å². The average Bonchev–Trinajstić information content (AvgIpc) is 3.22. The highest BCUT2D eigenvalue weighted by molar-refractivity contribution is 7.15. The van der Waals surface area contributed by atoms with Crippen molar-refractivity contribution >= 4 is 34.0 Å². The SMILES string of the molecule is CCCOc1ccc(/C=c2/sc3nc(-c4ccc(Cl)cc4)nn3c2=O)cc1. The number of hydrogen-bond acceptors (Lipinski definition) is 5. The van der Waals surface area contributed by atoms with Gasteiger partial charge in [-0.05, 0) is 54.5 Å². The summed E-state index contributed by atoms with van der Waals surface area (Å²) >= 11 is 7.23. The third-order valence-corrected chi connectivity index (χ3v) is 5.15. The van der Waals surface area contributed by atoms with E-state index < -0.39 is 0 Å². The number of rotatable bonds is 5. The van der Waals surface area contributed by atoms with E-state index in [9.17, 15) is 4.79 Å². The number of hydrogen-bond donors (Lipinski definition) is 0. The first-order valence-electron chi connectivity index (χ1n) is 8.54. The molecule has 0 spiro atoms. The average molecular weight is 398 g/mol. The van der Waals surface area contributed by atoms with Crippen molar-refractivity contribution in [1.82, 2.24) is 14.6 Å². The number of ether oxygens (including phenoxy) is 1. The standard InChI is InChI=1S/C20H16ClN3O2S/c1-2-11-26-16-9-3-13(4-10-16)12-17-19(25)24-20(27-17)22-18(23-24)14-5-7-15(21)8-6-14/h3-10,12H,2,11H2,1H3/b17-12+. The molecular formula is C20H16ClN3O2S. The predicted octanol–water partition coefficient (Wildman–Crippen LogP) is 3.81. The summed E-state index contributed by atoms with van der Waals surface area (Å²) in [6.07, 6.45) is 2.81. The first kappa shape index (κ1) is 17.7. The van der Waals surface area contributed by atoms with Crippen LogP contribution in [0.2, 0.25) is 5.02 Å². The van der Waals surface area contributed by atoms with E-state index in [2.05, 4.69) is 17.0 Å². The highest BCUT2D eigenvalue weighted by Gasteiger charge is 2.11. The predicted molar refractivity (Wildman–Crippen MR) is 109 cm³/mol. The number of nitrogens with zero attached hydrogens (tertiary/aromatic N) is 3. The summed E-state index contributed by atoms with van der Waals surface area (Å²) in [6, 6.07) is 14.9. The number of benzene rings is 2. The molecule has 0 radical (unpaired) electrons. The number of halogens is 1. The Morgan fingerprint density at radius 1 is 1.15 bits per heavy atom. The highest BCUT2D eigenvalue weighted by Crippen LogP contribution is 2.19. The fourth-order valence-corrected chi connectivity index (χ4v) is 3.62. The van der Waals surface area contributed by atoms with Crippen molar-refractivity contribution in [1.29, 1.82) is 0 Å². The first-order chi connectivity index (χ1) is 13.1. The molecule has 2 aromatic heterocycles. The molecule has 0 N–H and O–H groups in total. The van der Waals surface area contributed by atoms with Gasteiger partial charge in [-0.25, -0.2) is 0 Å². The Kier molecular flexibility index (Phi) is 4.92. The molecule has 0 saturated carbocycles. The molecule has 27 heavy (non-hydrogen) atoms. The zero-order valence-corrected chi connectivity index (χ0v) is 16.1. The summed E-state index contributed by atoms with van der Waals surface area (Å²) in [5.41, 5.74) is 1.58. The Morgan fingerprint density at radius 3 is 2.56 bits per heavy atom. The molecule has 0 bridgehead atoms.